The van der Waals surface area contributed by atoms with Gasteiger partial charge in [-0.2, -0.15) is 0 Å². The van der Waals surface area contributed by atoms with Crippen LogP contribution >= 0.6 is 0 Å². The van der Waals surface area contributed by atoms with Crippen molar-refractivity contribution in [2.24, 2.45) is 0 Å². The molecule has 0 bridgehead atoms. The Balaban J connectivity index is 4.44. The summed E-state index contributed by atoms with van der Waals surface area (Å²) in [4.78, 5) is 37.1. The van der Waals surface area contributed by atoms with Crippen LogP contribution in [0.3, 0.4) is 0 Å². The van der Waals surface area contributed by atoms with E-state index in [1.54, 1.807) is 0 Å². The second-order valence-corrected chi connectivity index (χ2v) is 16.3. The van der Waals surface area contributed by atoms with E-state index in [1.807, 2.05) is 33.3 Å². The third-order valence-electron chi connectivity index (χ3n) is 9.35. The Kier molecular flexibility index (Phi) is 40.2. The van der Waals surface area contributed by atoms with Crippen LogP contribution in [0.2, 0.25) is 0 Å². The Morgan fingerprint density at radius 2 is 0.918 bits per heavy atom. The summed E-state index contributed by atoms with van der Waals surface area (Å²) in [6.45, 7) is 4.53. The molecule has 0 aromatic heterocycles. The predicted molar refractivity (Wildman–Crippen MR) is 253 cm³/mol. The van der Waals surface area contributed by atoms with Gasteiger partial charge in [0.2, 0.25) is 0 Å². The topological polar surface area (TPSA) is 108 Å². The first-order valence-electron chi connectivity index (χ1n) is 23.4. The quantitative estimate of drug-likeness (QED) is 0.0213. The van der Waals surface area contributed by atoms with E-state index < -0.39 is 30.3 Å². The maximum atomic E-state index is 12.8. The zero-order valence-electron chi connectivity index (χ0n) is 39.0. The van der Waals surface area contributed by atoms with Crippen LogP contribution in [-0.4, -0.2) is 87.4 Å². The maximum absolute atomic E-state index is 12.8. The number of carbonyl (C=O) groups is 3. The highest BCUT2D eigenvalue weighted by Gasteiger charge is 2.25. The third-order valence-corrected chi connectivity index (χ3v) is 9.35. The molecule has 346 valence electrons. The zero-order chi connectivity index (χ0) is 44.9. The van der Waals surface area contributed by atoms with Crippen LogP contribution in [0.1, 0.15) is 155 Å². The number of allylic oxidation sites excluding steroid dienone is 16. The van der Waals surface area contributed by atoms with Gasteiger partial charge in [-0.05, 0) is 77.0 Å². The van der Waals surface area contributed by atoms with Crippen molar-refractivity contribution in [1.82, 2.24) is 0 Å². The molecule has 0 heterocycles. The number of ether oxygens (including phenoxy) is 4. The molecular formula is C52H86NO8+. The number of carbonyl (C=O) groups excluding carboxylic acids is 2. The fourth-order valence-electron chi connectivity index (χ4n) is 5.78. The lowest BCUT2D eigenvalue weighted by Gasteiger charge is -2.25. The maximum Gasteiger partial charge on any atom is 0.361 e. The average molecular weight is 853 g/mol. The number of rotatable bonds is 41. The van der Waals surface area contributed by atoms with Gasteiger partial charge in [0, 0.05) is 12.8 Å². The minimum Gasteiger partial charge on any atom is -0.477 e. The lowest BCUT2D eigenvalue weighted by molar-refractivity contribution is -0.870. The summed E-state index contributed by atoms with van der Waals surface area (Å²) >= 11 is 0. The average Bonchev–Trinajstić information content (AvgIpc) is 3.22. The van der Waals surface area contributed by atoms with E-state index >= 15 is 0 Å². The van der Waals surface area contributed by atoms with E-state index in [2.05, 4.69) is 98.9 Å². The van der Waals surface area contributed by atoms with E-state index in [0.29, 0.717) is 23.9 Å². The summed E-state index contributed by atoms with van der Waals surface area (Å²) in [5.41, 5.74) is 0. The summed E-state index contributed by atoms with van der Waals surface area (Å²) in [6, 6.07) is 0. The van der Waals surface area contributed by atoms with Gasteiger partial charge in [-0.1, -0.05) is 162 Å². The van der Waals surface area contributed by atoms with Crippen LogP contribution in [0, 0.1) is 0 Å². The van der Waals surface area contributed by atoms with Gasteiger partial charge in [0.25, 0.3) is 6.29 Å². The van der Waals surface area contributed by atoms with E-state index in [-0.39, 0.29) is 32.7 Å². The van der Waals surface area contributed by atoms with E-state index in [1.165, 1.54) is 38.5 Å². The molecule has 0 saturated carbocycles. The molecule has 0 radical (unpaired) electrons. The third kappa shape index (κ3) is 44.1. The summed E-state index contributed by atoms with van der Waals surface area (Å²) in [5.74, 6) is -2.13. The Labute approximate surface area is 372 Å². The molecule has 2 unspecified atom stereocenters. The molecule has 0 aromatic rings. The SMILES string of the molecule is CC/C=C\C/C=C\C/C=C\C/C=C\CCCCCCCCCCCCC(=O)OC(COC(=O)CC/C=C\C/C=C\C/C=C\C/C=C\CC)COC(OCC[N+](C)(C)C)C(=O)O. The van der Waals surface area contributed by atoms with Gasteiger partial charge in [0.05, 0.1) is 34.4 Å². The monoisotopic (exact) mass is 853 g/mol. The largest absolute Gasteiger partial charge is 0.477 e. The summed E-state index contributed by atoms with van der Waals surface area (Å²) in [7, 11) is 5.92. The lowest BCUT2D eigenvalue weighted by atomic mass is 10.0. The Bertz CT molecular complexity index is 1320. The van der Waals surface area contributed by atoms with Gasteiger partial charge in [-0.15, -0.1) is 0 Å². The minimum atomic E-state index is -1.53. The standard InChI is InChI=1S/C52H85NO8/c1-6-8-10-12-14-16-18-20-21-22-23-24-25-26-27-28-29-31-33-35-37-39-41-43-50(55)61-48(47-60-52(51(56)57)58-45-44-53(3,4)5)46-59-49(54)42-40-38-36-34-32-30-19-17-15-13-11-9-7-2/h8-11,14-17,20-21,23-24,30,32,36,38,48,52H,6-7,12-13,18-19,22,25-29,31,33-35,37,39-47H2,1-5H3/p+1/b10-8-,11-9-,16-14-,17-15-,21-20-,24-23-,32-30-,38-36-. The van der Waals surface area contributed by atoms with Crippen molar-refractivity contribution in [3.05, 3.63) is 97.2 Å². The molecule has 9 heteroatoms. The number of unbranched alkanes of at least 4 members (excludes halogenated alkanes) is 10. The molecule has 0 amide bonds. The van der Waals surface area contributed by atoms with Gasteiger partial charge in [-0.3, -0.25) is 9.59 Å². The van der Waals surface area contributed by atoms with Crippen molar-refractivity contribution >= 4 is 17.9 Å². The van der Waals surface area contributed by atoms with Crippen LogP contribution in [0.4, 0.5) is 0 Å². The molecular weight excluding hydrogens is 767 g/mol. The molecule has 9 nitrogen and oxygen atoms in total. The van der Waals surface area contributed by atoms with Crippen LogP contribution in [0.25, 0.3) is 0 Å². The van der Waals surface area contributed by atoms with Gasteiger partial charge in [-0.25, -0.2) is 4.79 Å². The number of likely N-dealkylation sites (N-methyl/N-ethyl adjacent to an activating group) is 1. The molecule has 0 rings (SSSR count). The first-order chi connectivity index (χ1) is 29.6. The molecule has 0 aliphatic heterocycles. The summed E-state index contributed by atoms with van der Waals surface area (Å²) < 4.78 is 22.6. The van der Waals surface area contributed by atoms with Crippen molar-refractivity contribution in [2.75, 3.05) is 47.5 Å². The minimum absolute atomic E-state index is 0.171. The van der Waals surface area contributed by atoms with Crippen molar-refractivity contribution < 1.29 is 42.9 Å². The van der Waals surface area contributed by atoms with Crippen LogP contribution in [0.5, 0.6) is 0 Å². The highest BCUT2D eigenvalue weighted by molar-refractivity contribution is 5.71. The molecule has 2 atom stereocenters. The van der Waals surface area contributed by atoms with E-state index in [0.717, 1.165) is 77.0 Å². The lowest BCUT2D eigenvalue weighted by Crippen LogP contribution is -2.40. The molecule has 0 aliphatic carbocycles. The Morgan fingerprint density at radius 3 is 1.38 bits per heavy atom. The van der Waals surface area contributed by atoms with Crippen LogP contribution < -0.4 is 0 Å². The van der Waals surface area contributed by atoms with Gasteiger partial charge in [0.1, 0.15) is 13.2 Å². The van der Waals surface area contributed by atoms with Gasteiger partial charge < -0.3 is 28.5 Å². The number of esters is 2. The number of nitrogens with zero attached hydrogens (tertiary/aromatic N) is 1. The fourth-order valence-corrected chi connectivity index (χ4v) is 5.78. The molecule has 0 saturated heterocycles. The molecule has 1 N–H and O–H groups in total. The second-order valence-electron chi connectivity index (χ2n) is 16.3. The Morgan fingerprint density at radius 1 is 0.492 bits per heavy atom. The van der Waals surface area contributed by atoms with Crippen molar-refractivity contribution in [3.8, 4) is 0 Å². The number of quaternary nitrogens is 1. The number of aliphatic carboxylic acids is 1. The predicted octanol–water partition coefficient (Wildman–Crippen LogP) is 12.7. The highest BCUT2D eigenvalue weighted by Crippen LogP contribution is 2.13. The summed E-state index contributed by atoms with van der Waals surface area (Å²) in [6.07, 6.45) is 53.5. The van der Waals surface area contributed by atoms with Crippen LogP contribution in [-0.2, 0) is 33.3 Å². The van der Waals surface area contributed by atoms with Crippen molar-refractivity contribution in [1.29, 1.82) is 0 Å². The normalized spacial score (nSPS) is 13.8. The zero-order valence-corrected chi connectivity index (χ0v) is 39.0. The molecule has 61 heavy (non-hydrogen) atoms. The van der Waals surface area contributed by atoms with E-state index in [9.17, 15) is 19.5 Å². The summed E-state index contributed by atoms with van der Waals surface area (Å²) in [5, 5.41) is 9.64. The van der Waals surface area contributed by atoms with Gasteiger partial charge in [0.15, 0.2) is 6.10 Å². The Hall–Kier alpha value is -3.79. The first kappa shape index (κ1) is 57.2. The van der Waals surface area contributed by atoms with Crippen molar-refractivity contribution in [2.45, 2.75) is 167 Å². The number of hydrogen-bond acceptors (Lipinski definition) is 7. The highest BCUT2D eigenvalue weighted by atomic mass is 16.7. The second kappa shape index (κ2) is 42.9. The van der Waals surface area contributed by atoms with Crippen LogP contribution in [0.15, 0.2) is 97.2 Å². The number of carboxylic acid groups (broad SMARTS) is 1. The first-order valence-corrected chi connectivity index (χ1v) is 23.4. The number of hydrogen-bond donors (Lipinski definition) is 1. The number of carboxylic acids is 1. The van der Waals surface area contributed by atoms with Crippen molar-refractivity contribution in [3.63, 3.8) is 0 Å². The molecule has 0 spiro atoms. The molecule has 0 aliphatic rings. The fraction of sp³-hybridized carbons (Fsp3) is 0.635. The van der Waals surface area contributed by atoms with Gasteiger partial charge >= 0.3 is 17.9 Å². The molecule has 0 fully saturated rings. The smallest absolute Gasteiger partial charge is 0.361 e. The van der Waals surface area contributed by atoms with E-state index in [4.69, 9.17) is 18.9 Å². The molecule has 0 aromatic carbocycles.